The van der Waals surface area contributed by atoms with Gasteiger partial charge in [0.2, 0.25) is 10.0 Å². The van der Waals surface area contributed by atoms with Crippen LogP contribution in [-0.2, 0) is 28.0 Å². The van der Waals surface area contributed by atoms with Gasteiger partial charge >= 0.3 is 6.18 Å². The summed E-state index contributed by atoms with van der Waals surface area (Å²) in [5, 5.41) is 5.82. The highest BCUT2D eigenvalue weighted by atomic mass is 32.2. The van der Waals surface area contributed by atoms with Crippen LogP contribution in [0.2, 0.25) is 0 Å². The zero-order valence-electron chi connectivity index (χ0n) is 19.3. The summed E-state index contributed by atoms with van der Waals surface area (Å²) < 4.78 is 73.2. The maximum atomic E-state index is 13.4. The molecule has 0 bridgehead atoms. The molecule has 2 fully saturated rings. The molecule has 3 heterocycles. The zero-order chi connectivity index (χ0) is 25.2. The number of alkyl halides is 3. The third-order valence-electron chi connectivity index (χ3n) is 6.27. The Morgan fingerprint density at radius 1 is 1.14 bits per heavy atom. The van der Waals surface area contributed by atoms with Gasteiger partial charge in [-0.2, -0.15) is 22.6 Å². The number of hydrogen-bond donors (Lipinski definition) is 1. The second kappa shape index (κ2) is 10.2. The van der Waals surface area contributed by atoms with Crippen LogP contribution in [0, 0.1) is 0 Å². The first kappa shape index (κ1) is 25.6. The normalized spacial score (nSPS) is 20.6. The lowest BCUT2D eigenvalue weighted by molar-refractivity contribution is -0.141. The summed E-state index contributed by atoms with van der Waals surface area (Å²) in [5.74, 6) is -0.785. The van der Waals surface area contributed by atoms with E-state index < -0.39 is 27.8 Å². The van der Waals surface area contributed by atoms with Gasteiger partial charge < -0.3 is 10.1 Å². The summed E-state index contributed by atoms with van der Waals surface area (Å²) >= 11 is 0. The quantitative estimate of drug-likeness (QED) is 0.635. The van der Waals surface area contributed by atoms with Gasteiger partial charge in [-0.15, -0.1) is 0 Å². The number of aromatic nitrogens is 2. The summed E-state index contributed by atoms with van der Waals surface area (Å²) in [5.41, 5.74) is -1.18. The van der Waals surface area contributed by atoms with Crippen molar-refractivity contribution >= 4 is 21.6 Å². The molecule has 35 heavy (non-hydrogen) atoms. The van der Waals surface area contributed by atoms with Gasteiger partial charge in [-0.1, -0.05) is 6.42 Å². The van der Waals surface area contributed by atoms with Crippen molar-refractivity contribution < 1.29 is 31.1 Å². The first-order valence-electron chi connectivity index (χ1n) is 11.4. The summed E-state index contributed by atoms with van der Waals surface area (Å²) in [4.78, 5) is 14.8. The molecule has 1 amide bonds. The van der Waals surface area contributed by atoms with Crippen LogP contribution in [0.1, 0.15) is 35.4 Å². The smallest absolute Gasteiger partial charge is 0.379 e. The third-order valence-corrected chi connectivity index (χ3v) is 8.23. The number of hydrogen-bond acceptors (Lipinski definition) is 6. The molecule has 1 N–H and O–H groups in total. The van der Waals surface area contributed by atoms with Crippen LogP contribution in [0.25, 0.3) is 0 Å². The van der Waals surface area contributed by atoms with Crippen molar-refractivity contribution in [1.29, 1.82) is 0 Å². The molecule has 1 aromatic heterocycles. The van der Waals surface area contributed by atoms with Crippen molar-refractivity contribution in [2.45, 2.75) is 36.4 Å². The van der Waals surface area contributed by atoms with Crippen LogP contribution in [0.3, 0.4) is 0 Å². The van der Waals surface area contributed by atoms with E-state index in [2.05, 4.69) is 15.3 Å². The number of anilines is 1. The minimum absolute atomic E-state index is 0.101. The molecule has 0 saturated carbocycles. The number of aryl methyl sites for hydroxylation is 1. The Hall–Kier alpha value is -2.48. The Labute approximate surface area is 201 Å². The summed E-state index contributed by atoms with van der Waals surface area (Å²) in [6.07, 6.45) is -2.12. The number of nitrogens with zero attached hydrogens (tertiary/aromatic N) is 4. The average Bonchev–Trinajstić information content (AvgIpc) is 3.23. The van der Waals surface area contributed by atoms with E-state index in [0.717, 1.165) is 37.0 Å². The monoisotopic (exact) mass is 515 g/mol. The van der Waals surface area contributed by atoms with Crippen LogP contribution in [0.5, 0.6) is 0 Å². The molecular formula is C22H28F3N5O4S. The third kappa shape index (κ3) is 5.85. The average molecular weight is 516 g/mol. The number of rotatable bonds is 6. The topological polar surface area (TPSA) is 96.8 Å². The largest absolute Gasteiger partial charge is 0.435 e. The van der Waals surface area contributed by atoms with Gasteiger partial charge in [-0.3, -0.25) is 14.4 Å². The van der Waals surface area contributed by atoms with E-state index in [-0.39, 0.29) is 22.3 Å². The minimum Gasteiger partial charge on any atom is -0.379 e. The zero-order valence-corrected chi connectivity index (χ0v) is 20.1. The van der Waals surface area contributed by atoms with E-state index in [1.807, 2.05) is 0 Å². The number of carbonyl (C=O) groups is 1. The van der Waals surface area contributed by atoms with E-state index in [1.165, 1.54) is 31.3 Å². The summed E-state index contributed by atoms with van der Waals surface area (Å²) in [6, 6.07) is 6.18. The standard InChI is InChI=1S/C22H28F3N5O4S/c1-28-19(14-20(27-28)22(23,24)25)21(31)26-16-5-7-18(8-6-16)35(32,33)30-9-3-2-4-17(30)15-29-10-12-34-13-11-29/h5-8,14,17H,2-4,9-13,15H2,1H3,(H,26,31). The lowest BCUT2D eigenvalue weighted by Gasteiger charge is -2.38. The second-order valence-electron chi connectivity index (χ2n) is 8.69. The molecule has 1 unspecified atom stereocenters. The molecule has 9 nitrogen and oxygen atoms in total. The van der Waals surface area contributed by atoms with Crippen molar-refractivity contribution in [2.24, 2.45) is 7.05 Å². The lowest BCUT2D eigenvalue weighted by Crippen LogP contribution is -2.51. The molecule has 1 aromatic carbocycles. The van der Waals surface area contributed by atoms with Crippen LogP contribution >= 0.6 is 0 Å². The molecule has 2 aliphatic rings. The molecule has 13 heteroatoms. The van der Waals surface area contributed by atoms with E-state index in [9.17, 15) is 26.4 Å². The summed E-state index contributed by atoms with van der Waals surface area (Å²) in [7, 11) is -2.51. The lowest BCUT2D eigenvalue weighted by atomic mass is 10.0. The van der Waals surface area contributed by atoms with Gasteiger partial charge in [0.25, 0.3) is 5.91 Å². The molecule has 192 valence electrons. The number of halogens is 3. The Balaban J connectivity index is 1.46. The Kier molecular flexibility index (Phi) is 7.50. The van der Waals surface area contributed by atoms with Crippen LogP contribution < -0.4 is 5.32 Å². The second-order valence-corrected chi connectivity index (χ2v) is 10.6. The first-order chi connectivity index (χ1) is 16.6. The van der Waals surface area contributed by atoms with Gasteiger partial charge in [-0.25, -0.2) is 8.42 Å². The molecule has 2 aliphatic heterocycles. The predicted octanol–water partition coefficient (Wildman–Crippen LogP) is 2.57. The first-order valence-corrected chi connectivity index (χ1v) is 12.8. The highest BCUT2D eigenvalue weighted by molar-refractivity contribution is 7.89. The number of piperidine rings is 1. The van der Waals surface area contributed by atoms with E-state index in [4.69, 9.17) is 4.74 Å². The molecule has 0 aliphatic carbocycles. The minimum atomic E-state index is -4.67. The maximum Gasteiger partial charge on any atom is 0.435 e. The predicted molar refractivity (Wildman–Crippen MR) is 121 cm³/mol. The number of sulfonamides is 1. The van der Waals surface area contributed by atoms with Crippen LogP contribution in [0.4, 0.5) is 18.9 Å². The fourth-order valence-electron chi connectivity index (χ4n) is 4.41. The number of ether oxygens (including phenoxy) is 1. The molecular weight excluding hydrogens is 487 g/mol. The molecule has 2 aromatic rings. The van der Waals surface area contributed by atoms with Gasteiger partial charge in [0, 0.05) is 51.0 Å². The van der Waals surface area contributed by atoms with Crippen molar-refractivity contribution in [2.75, 3.05) is 44.7 Å². The van der Waals surface area contributed by atoms with E-state index >= 15 is 0 Å². The Morgan fingerprint density at radius 3 is 2.46 bits per heavy atom. The fourth-order valence-corrected chi connectivity index (χ4v) is 6.10. The Bertz CT molecular complexity index is 1140. The molecule has 4 rings (SSSR count). The summed E-state index contributed by atoms with van der Waals surface area (Å²) in [6.45, 7) is 3.94. The number of morpholine rings is 1. The van der Waals surface area contributed by atoms with Gasteiger partial charge in [0.15, 0.2) is 5.69 Å². The molecule has 0 radical (unpaired) electrons. The highest BCUT2D eigenvalue weighted by Gasteiger charge is 2.36. The fraction of sp³-hybridized carbons (Fsp3) is 0.545. The van der Waals surface area contributed by atoms with Gasteiger partial charge in [-0.05, 0) is 37.1 Å². The molecule has 2 saturated heterocycles. The van der Waals surface area contributed by atoms with Crippen molar-refractivity contribution in [3.05, 3.63) is 41.7 Å². The number of carbonyl (C=O) groups excluding carboxylic acids is 1. The van der Waals surface area contributed by atoms with Gasteiger partial charge in [0.1, 0.15) is 5.69 Å². The van der Waals surface area contributed by atoms with Crippen molar-refractivity contribution in [3.8, 4) is 0 Å². The SMILES string of the molecule is Cn1nc(C(F)(F)F)cc1C(=O)Nc1ccc(S(=O)(=O)N2CCCCC2CN2CCOCC2)cc1. The van der Waals surface area contributed by atoms with Crippen LogP contribution in [0.15, 0.2) is 35.2 Å². The van der Waals surface area contributed by atoms with E-state index in [1.54, 1.807) is 4.31 Å². The molecule has 1 atom stereocenters. The highest BCUT2D eigenvalue weighted by Crippen LogP contribution is 2.29. The number of benzene rings is 1. The maximum absolute atomic E-state index is 13.4. The number of nitrogens with one attached hydrogen (secondary N) is 1. The van der Waals surface area contributed by atoms with Crippen LogP contribution in [-0.4, -0.2) is 78.7 Å². The van der Waals surface area contributed by atoms with Crippen molar-refractivity contribution in [1.82, 2.24) is 19.0 Å². The Morgan fingerprint density at radius 2 is 1.83 bits per heavy atom. The molecule has 0 spiro atoms. The van der Waals surface area contributed by atoms with E-state index in [0.29, 0.717) is 32.4 Å². The number of amides is 1. The van der Waals surface area contributed by atoms with Gasteiger partial charge in [0.05, 0.1) is 18.1 Å². The van der Waals surface area contributed by atoms with Crippen molar-refractivity contribution in [3.63, 3.8) is 0 Å².